The molecule has 0 saturated heterocycles. The van der Waals surface area contributed by atoms with E-state index < -0.39 is 10.0 Å². The maximum atomic E-state index is 12.7. The lowest BCUT2D eigenvalue weighted by Crippen LogP contribution is -2.20. The molecular weight excluding hydrogens is 410 g/mol. The van der Waals surface area contributed by atoms with Crippen LogP contribution in [0.1, 0.15) is 17.2 Å². The van der Waals surface area contributed by atoms with Crippen LogP contribution >= 0.6 is 0 Å². The molecule has 8 heteroatoms. The minimum absolute atomic E-state index is 0.00926. The van der Waals surface area contributed by atoms with E-state index in [-0.39, 0.29) is 16.9 Å². The van der Waals surface area contributed by atoms with Crippen molar-refractivity contribution >= 4 is 27.6 Å². The lowest BCUT2D eigenvalue weighted by atomic mass is 10.0. The number of benzene rings is 3. The van der Waals surface area contributed by atoms with E-state index >= 15 is 0 Å². The van der Waals surface area contributed by atoms with E-state index in [4.69, 9.17) is 0 Å². The number of nitrogens with one attached hydrogen (secondary N) is 2. The number of hydrogen-bond donors (Lipinski definition) is 2. The summed E-state index contributed by atoms with van der Waals surface area (Å²) >= 11 is 0. The number of nitrogens with zero attached hydrogens (tertiary/aromatic N) is 3. The molecule has 31 heavy (non-hydrogen) atoms. The summed E-state index contributed by atoms with van der Waals surface area (Å²) in [5.41, 5.74) is 2.90. The first-order valence-electron chi connectivity index (χ1n) is 9.74. The highest BCUT2D eigenvalue weighted by atomic mass is 32.2. The van der Waals surface area contributed by atoms with Crippen LogP contribution in [-0.4, -0.2) is 23.2 Å². The Morgan fingerprint density at radius 3 is 2.13 bits per heavy atom. The second-order valence-electron chi connectivity index (χ2n) is 7.05. The van der Waals surface area contributed by atoms with Crippen molar-refractivity contribution in [1.29, 1.82) is 0 Å². The van der Waals surface area contributed by atoms with Gasteiger partial charge in [0.2, 0.25) is 5.95 Å². The van der Waals surface area contributed by atoms with E-state index in [0.29, 0.717) is 5.95 Å². The summed E-state index contributed by atoms with van der Waals surface area (Å²) < 4.78 is 29.6. The first-order valence-corrected chi connectivity index (χ1v) is 11.2. The van der Waals surface area contributed by atoms with Gasteiger partial charge < -0.3 is 5.32 Å². The van der Waals surface area contributed by atoms with E-state index in [1.807, 2.05) is 60.7 Å². The van der Waals surface area contributed by atoms with E-state index in [9.17, 15) is 8.42 Å². The van der Waals surface area contributed by atoms with Crippen LogP contribution in [0.4, 0.5) is 11.9 Å². The summed E-state index contributed by atoms with van der Waals surface area (Å²) in [6.45, 7) is 0. The number of aromatic nitrogens is 3. The van der Waals surface area contributed by atoms with Crippen LogP contribution in [0.15, 0.2) is 102 Å². The van der Waals surface area contributed by atoms with Gasteiger partial charge in [-0.1, -0.05) is 78.9 Å². The molecule has 1 aromatic heterocycles. The van der Waals surface area contributed by atoms with Crippen LogP contribution in [0.2, 0.25) is 0 Å². The summed E-state index contributed by atoms with van der Waals surface area (Å²) in [6, 6.07) is 27.7. The van der Waals surface area contributed by atoms with Crippen molar-refractivity contribution in [2.75, 3.05) is 10.0 Å². The third-order valence-electron chi connectivity index (χ3n) is 4.97. The first-order chi connectivity index (χ1) is 15.1. The highest BCUT2D eigenvalue weighted by Crippen LogP contribution is 2.33. The van der Waals surface area contributed by atoms with Crippen LogP contribution in [0.25, 0.3) is 5.70 Å². The fraction of sp³-hybridized carbons (Fsp3) is 0.0435. The second kappa shape index (κ2) is 7.73. The normalized spacial score (nSPS) is 15.5. The molecule has 7 nitrogen and oxygen atoms in total. The molecule has 0 unspecified atom stereocenters. The molecule has 1 atom stereocenters. The van der Waals surface area contributed by atoms with E-state index in [2.05, 4.69) is 26.2 Å². The average Bonchev–Trinajstić information content (AvgIpc) is 3.21. The maximum Gasteiger partial charge on any atom is 0.264 e. The molecule has 0 aliphatic carbocycles. The van der Waals surface area contributed by atoms with Gasteiger partial charge in [-0.3, -0.25) is 0 Å². The van der Waals surface area contributed by atoms with Gasteiger partial charge in [-0.05, 0) is 29.3 Å². The molecule has 154 valence electrons. The van der Waals surface area contributed by atoms with E-state index in [1.54, 1.807) is 22.9 Å². The fourth-order valence-corrected chi connectivity index (χ4v) is 4.45. The zero-order valence-corrected chi connectivity index (χ0v) is 17.2. The Morgan fingerprint density at radius 2 is 1.45 bits per heavy atom. The first kappa shape index (κ1) is 19.1. The SMILES string of the molecule is O=S(=O)(Nc1nc2n(n1)[C@@H](c1ccccc1)C=C(c1ccccc1)N2)c1ccccc1. The van der Waals surface area contributed by atoms with Gasteiger partial charge in [0.25, 0.3) is 16.0 Å². The smallest absolute Gasteiger partial charge is 0.264 e. The van der Waals surface area contributed by atoms with Gasteiger partial charge in [-0.25, -0.2) is 17.8 Å². The quantitative estimate of drug-likeness (QED) is 0.498. The molecule has 2 N–H and O–H groups in total. The van der Waals surface area contributed by atoms with Gasteiger partial charge >= 0.3 is 0 Å². The van der Waals surface area contributed by atoms with Gasteiger partial charge in [0, 0.05) is 5.70 Å². The minimum Gasteiger partial charge on any atom is -0.324 e. The van der Waals surface area contributed by atoms with Gasteiger partial charge in [0.05, 0.1) is 4.90 Å². The Kier molecular flexibility index (Phi) is 4.76. The Labute approximate surface area is 180 Å². The van der Waals surface area contributed by atoms with Crippen LogP contribution in [0.5, 0.6) is 0 Å². The van der Waals surface area contributed by atoms with Crippen LogP contribution < -0.4 is 10.0 Å². The highest BCUT2D eigenvalue weighted by Gasteiger charge is 2.26. The molecule has 0 bridgehead atoms. The predicted molar refractivity (Wildman–Crippen MR) is 120 cm³/mol. The Bertz CT molecular complexity index is 1330. The number of rotatable bonds is 5. The van der Waals surface area contributed by atoms with Crippen molar-refractivity contribution in [2.45, 2.75) is 10.9 Å². The fourth-order valence-electron chi connectivity index (χ4n) is 3.49. The molecule has 2 heterocycles. The third-order valence-corrected chi connectivity index (χ3v) is 6.31. The zero-order chi connectivity index (χ0) is 21.3. The molecule has 0 amide bonds. The molecule has 3 aromatic carbocycles. The lowest BCUT2D eigenvalue weighted by molar-refractivity contribution is 0.598. The summed E-state index contributed by atoms with van der Waals surface area (Å²) in [7, 11) is -3.79. The van der Waals surface area contributed by atoms with Crippen LogP contribution in [0, 0.1) is 0 Å². The summed E-state index contributed by atoms with van der Waals surface area (Å²) in [5, 5.41) is 7.73. The van der Waals surface area contributed by atoms with Crippen molar-refractivity contribution in [3.8, 4) is 0 Å². The molecule has 4 aromatic rings. The van der Waals surface area contributed by atoms with Crippen molar-refractivity contribution in [1.82, 2.24) is 14.8 Å². The number of sulfonamides is 1. The maximum absolute atomic E-state index is 12.7. The monoisotopic (exact) mass is 429 g/mol. The van der Waals surface area contributed by atoms with Crippen LogP contribution in [-0.2, 0) is 10.0 Å². The van der Waals surface area contributed by atoms with Crippen LogP contribution in [0.3, 0.4) is 0 Å². The van der Waals surface area contributed by atoms with Gasteiger partial charge in [-0.15, -0.1) is 5.10 Å². The largest absolute Gasteiger partial charge is 0.324 e. The van der Waals surface area contributed by atoms with Crippen molar-refractivity contribution in [3.05, 3.63) is 108 Å². The standard InChI is InChI=1S/C23H19N5O2S/c29-31(30,19-14-8-3-9-15-19)27-22-25-23-24-20(17-10-4-1-5-11-17)16-21(28(23)26-22)18-12-6-2-7-13-18/h1-16,21H,(H2,24,25,26,27)/t21-/m1/s1. The minimum atomic E-state index is -3.79. The van der Waals surface area contributed by atoms with E-state index in [1.165, 1.54) is 12.1 Å². The molecule has 0 spiro atoms. The lowest BCUT2D eigenvalue weighted by Gasteiger charge is -2.24. The number of hydrogen-bond acceptors (Lipinski definition) is 5. The number of fused-ring (bicyclic) bond motifs is 1. The molecule has 0 radical (unpaired) electrons. The van der Waals surface area contributed by atoms with Crippen molar-refractivity contribution in [2.24, 2.45) is 0 Å². The molecule has 5 rings (SSSR count). The van der Waals surface area contributed by atoms with Gasteiger partial charge in [-0.2, -0.15) is 4.98 Å². The van der Waals surface area contributed by atoms with Gasteiger partial charge in [0.1, 0.15) is 6.04 Å². The van der Waals surface area contributed by atoms with Crippen molar-refractivity contribution in [3.63, 3.8) is 0 Å². The molecular formula is C23H19N5O2S. The second-order valence-corrected chi connectivity index (χ2v) is 8.73. The average molecular weight is 430 g/mol. The molecule has 0 fully saturated rings. The zero-order valence-electron chi connectivity index (χ0n) is 16.4. The topological polar surface area (TPSA) is 88.9 Å². The predicted octanol–water partition coefficient (Wildman–Crippen LogP) is 4.13. The molecule has 0 saturated carbocycles. The summed E-state index contributed by atoms with van der Waals surface area (Å²) in [5.74, 6) is 0.468. The summed E-state index contributed by atoms with van der Waals surface area (Å²) in [6.07, 6.45) is 2.06. The van der Waals surface area contributed by atoms with E-state index in [0.717, 1.165) is 16.8 Å². The Morgan fingerprint density at radius 1 is 0.839 bits per heavy atom. The molecule has 1 aliphatic heterocycles. The number of anilines is 2. The third kappa shape index (κ3) is 3.80. The van der Waals surface area contributed by atoms with Gasteiger partial charge in [0.15, 0.2) is 0 Å². The molecule has 1 aliphatic rings. The number of allylic oxidation sites excluding steroid dienone is 1. The summed E-state index contributed by atoms with van der Waals surface area (Å²) in [4.78, 5) is 4.57. The Balaban J connectivity index is 1.54. The van der Waals surface area contributed by atoms with Crippen molar-refractivity contribution < 1.29 is 8.42 Å². The Hall–Kier alpha value is -3.91. The highest BCUT2D eigenvalue weighted by molar-refractivity contribution is 7.92.